The van der Waals surface area contributed by atoms with Crippen LogP contribution in [0.2, 0.25) is 0 Å². The number of rotatable bonds is 10. The number of nitrogens with one attached hydrogen (secondary N) is 1. The molecule has 1 atom stereocenters. The van der Waals surface area contributed by atoms with Crippen molar-refractivity contribution in [3.05, 3.63) is 179 Å². The Labute approximate surface area is 296 Å². The minimum Gasteiger partial charge on any atom is -0.480 e. The second-order valence-corrected chi connectivity index (χ2v) is 12.7. The van der Waals surface area contributed by atoms with Gasteiger partial charge in [-0.25, -0.2) is 9.67 Å². The van der Waals surface area contributed by atoms with Crippen LogP contribution in [0.1, 0.15) is 52.4 Å². The molecule has 1 unspecified atom stereocenters. The smallest absolute Gasteiger partial charge is 0.326 e. The number of aromatic nitrogens is 6. The molecule has 0 saturated heterocycles. The Morgan fingerprint density at radius 2 is 1.35 bits per heavy atom. The number of carboxylic acids is 1. The average Bonchev–Trinajstić information content (AvgIpc) is 3.82. The highest BCUT2D eigenvalue weighted by molar-refractivity contribution is 5.81. The van der Waals surface area contributed by atoms with Crippen molar-refractivity contribution in [2.45, 2.75) is 37.9 Å². The number of imidazole rings is 1. The lowest BCUT2D eigenvalue weighted by Crippen LogP contribution is -2.39. The average molecular weight is 672 g/mol. The van der Waals surface area contributed by atoms with Gasteiger partial charge in [0.05, 0.1) is 11.4 Å². The molecule has 2 N–H and O–H groups in total. The molecule has 5 aromatic carbocycles. The molecule has 9 nitrogen and oxygen atoms in total. The summed E-state index contributed by atoms with van der Waals surface area (Å²) in [6, 6.07) is 47.1. The van der Waals surface area contributed by atoms with Gasteiger partial charge in [-0.1, -0.05) is 146 Å². The zero-order valence-electron chi connectivity index (χ0n) is 28.2. The standard InChI is InChI=1S/C42H37N7O2/c1-2-37-44-36-26-27-43-38(41(50)51)39(36)48(37)28-29-22-24-30(25-23-29)34-20-12-13-21-35(34)40-45-46-47-49(40)42(31-14-6-3-7-15-31,32-16-8-4-9-17-32)33-18-10-5-11-19-33/h3-25,38,43H,2,26-28H2,1H3,(H,50,51). The number of benzene rings is 5. The lowest BCUT2D eigenvalue weighted by Gasteiger charge is -2.36. The fraction of sp³-hybridized carbons (Fsp3) is 0.167. The number of nitrogens with zero attached hydrogens (tertiary/aromatic N) is 6. The zero-order valence-corrected chi connectivity index (χ0v) is 28.2. The Bertz CT molecular complexity index is 2180. The van der Waals surface area contributed by atoms with Crippen LogP contribution in [0.3, 0.4) is 0 Å². The van der Waals surface area contributed by atoms with E-state index >= 15 is 0 Å². The number of aliphatic carboxylic acids is 1. The number of carboxylic acid groups (broad SMARTS) is 1. The van der Waals surface area contributed by atoms with Crippen molar-refractivity contribution in [1.29, 1.82) is 0 Å². The Hall–Kier alpha value is -6.19. The van der Waals surface area contributed by atoms with E-state index in [-0.39, 0.29) is 0 Å². The number of aryl methyl sites for hydroxylation is 1. The summed E-state index contributed by atoms with van der Waals surface area (Å²) in [6.07, 6.45) is 1.43. The van der Waals surface area contributed by atoms with Crippen molar-refractivity contribution >= 4 is 5.97 Å². The van der Waals surface area contributed by atoms with Crippen LogP contribution < -0.4 is 5.32 Å². The summed E-state index contributed by atoms with van der Waals surface area (Å²) in [6.45, 7) is 3.19. The van der Waals surface area contributed by atoms with Gasteiger partial charge in [0, 0.05) is 31.5 Å². The number of tetrazole rings is 1. The Balaban J connectivity index is 1.23. The van der Waals surface area contributed by atoms with Crippen molar-refractivity contribution in [1.82, 2.24) is 35.1 Å². The molecule has 7 aromatic rings. The third kappa shape index (κ3) is 5.61. The molecule has 0 saturated carbocycles. The Morgan fingerprint density at radius 1 is 0.784 bits per heavy atom. The highest BCUT2D eigenvalue weighted by Gasteiger charge is 2.42. The second-order valence-electron chi connectivity index (χ2n) is 12.7. The number of fused-ring (bicyclic) bond motifs is 1. The molecule has 0 radical (unpaired) electrons. The van der Waals surface area contributed by atoms with Gasteiger partial charge in [0.15, 0.2) is 5.82 Å². The van der Waals surface area contributed by atoms with Gasteiger partial charge in [0.25, 0.3) is 0 Å². The Kier molecular flexibility index (Phi) is 8.55. The monoisotopic (exact) mass is 671 g/mol. The van der Waals surface area contributed by atoms with Crippen molar-refractivity contribution in [2.75, 3.05) is 6.54 Å². The van der Waals surface area contributed by atoms with Crippen molar-refractivity contribution < 1.29 is 9.90 Å². The molecule has 1 aliphatic heterocycles. The van der Waals surface area contributed by atoms with E-state index in [0.717, 1.165) is 62.6 Å². The third-order valence-corrected chi connectivity index (χ3v) is 9.84. The molecular formula is C42H37N7O2. The van der Waals surface area contributed by atoms with Crippen molar-refractivity contribution in [3.63, 3.8) is 0 Å². The van der Waals surface area contributed by atoms with Crippen LogP contribution in [0.25, 0.3) is 22.5 Å². The summed E-state index contributed by atoms with van der Waals surface area (Å²) in [5, 5.41) is 26.9. The Morgan fingerprint density at radius 3 is 1.92 bits per heavy atom. The first-order valence-corrected chi connectivity index (χ1v) is 17.3. The van der Waals surface area contributed by atoms with Crippen LogP contribution >= 0.6 is 0 Å². The summed E-state index contributed by atoms with van der Waals surface area (Å²) < 4.78 is 4.04. The summed E-state index contributed by atoms with van der Waals surface area (Å²) in [4.78, 5) is 17.0. The molecule has 2 aromatic heterocycles. The third-order valence-electron chi connectivity index (χ3n) is 9.84. The van der Waals surface area contributed by atoms with Crippen LogP contribution in [-0.4, -0.2) is 47.4 Å². The molecule has 1 aliphatic rings. The largest absolute Gasteiger partial charge is 0.480 e. The zero-order chi connectivity index (χ0) is 34.8. The van der Waals surface area contributed by atoms with Gasteiger partial charge in [0.1, 0.15) is 17.4 Å². The quantitative estimate of drug-likeness (QED) is 0.152. The maximum Gasteiger partial charge on any atom is 0.326 e. The fourth-order valence-electron chi connectivity index (χ4n) is 7.54. The van der Waals surface area contributed by atoms with Gasteiger partial charge in [-0.15, -0.1) is 5.10 Å². The first-order valence-electron chi connectivity index (χ1n) is 17.3. The van der Waals surface area contributed by atoms with Gasteiger partial charge in [-0.05, 0) is 43.8 Å². The van der Waals surface area contributed by atoms with Crippen LogP contribution in [0, 0.1) is 0 Å². The minimum absolute atomic E-state index is 0.533. The van der Waals surface area contributed by atoms with Crippen LogP contribution in [-0.2, 0) is 29.7 Å². The number of hydrogen-bond acceptors (Lipinski definition) is 6. The molecular weight excluding hydrogens is 635 g/mol. The van der Waals surface area contributed by atoms with E-state index in [2.05, 4.69) is 131 Å². The van der Waals surface area contributed by atoms with E-state index in [0.29, 0.717) is 25.3 Å². The van der Waals surface area contributed by atoms with Gasteiger partial charge in [-0.3, -0.25) is 10.1 Å². The van der Waals surface area contributed by atoms with Crippen LogP contribution in [0.5, 0.6) is 0 Å². The summed E-state index contributed by atoms with van der Waals surface area (Å²) in [5.41, 5.74) is 7.82. The van der Waals surface area contributed by atoms with Crippen LogP contribution in [0.15, 0.2) is 140 Å². The molecule has 9 heteroatoms. The molecule has 8 rings (SSSR count). The first-order chi connectivity index (χ1) is 25.1. The summed E-state index contributed by atoms with van der Waals surface area (Å²) in [5.74, 6) is 0.649. The maximum absolute atomic E-state index is 12.2. The molecule has 0 aliphatic carbocycles. The molecule has 51 heavy (non-hydrogen) atoms. The lowest BCUT2D eigenvalue weighted by atomic mass is 9.77. The second kappa shape index (κ2) is 13.6. The van der Waals surface area contributed by atoms with E-state index in [1.807, 2.05) is 35.0 Å². The fourth-order valence-corrected chi connectivity index (χ4v) is 7.54. The molecule has 3 heterocycles. The predicted molar refractivity (Wildman–Crippen MR) is 196 cm³/mol. The van der Waals surface area contributed by atoms with Gasteiger partial charge in [-0.2, -0.15) is 0 Å². The predicted octanol–water partition coefficient (Wildman–Crippen LogP) is 6.93. The van der Waals surface area contributed by atoms with E-state index in [9.17, 15) is 9.90 Å². The SMILES string of the molecule is CCc1nc2c(n1Cc1ccc(-c3ccccc3-c3nnnn3C(c3ccccc3)(c3ccccc3)c3ccccc3)cc1)C(C(=O)O)NCC2. The summed E-state index contributed by atoms with van der Waals surface area (Å²) in [7, 11) is 0. The number of carbonyl (C=O) groups is 1. The highest BCUT2D eigenvalue weighted by atomic mass is 16.4. The lowest BCUT2D eigenvalue weighted by molar-refractivity contribution is -0.140. The maximum atomic E-state index is 12.2. The van der Waals surface area contributed by atoms with Gasteiger partial charge in [0.2, 0.25) is 0 Å². The van der Waals surface area contributed by atoms with Gasteiger partial charge < -0.3 is 9.67 Å². The molecule has 252 valence electrons. The topological polar surface area (TPSA) is 111 Å². The molecule has 0 fully saturated rings. The van der Waals surface area contributed by atoms with E-state index in [1.54, 1.807) is 0 Å². The van der Waals surface area contributed by atoms with E-state index in [1.165, 1.54) is 0 Å². The van der Waals surface area contributed by atoms with Crippen molar-refractivity contribution in [3.8, 4) is 22.5 Å². The molecule has 0 amide bonds. The normalized spacial score (nSPS) is 14.3. The molecule has 0 spiro atoms. The number of hydrogen-bond donors (Lipinski definition) is 2. The minimum atomic E-state index is -0.884. The van der Waals surface area contributed by atoms with Crippen molar-refractivity contribution in [2.24, 2.45) is 0 Å². The molecule has 0 bridgehead atoms. The highest BCUT2D eigenvalue weighted by Crippen LogP contribution is 2.43. The summed E-state index contributed by atoms with van der Waals surface area (Å²) >= 11 is 0. The first kappa shape index (κ1) is 32.0. The van der Waals surface area contributed by atoms with Crippen LogP contribution in [0.4, 0.5) is 0 Å². The van der Waals surface area contributed by atoms with E-state index < -0.39 is 17.6 Å². The van der Waals surface area contributed by atoms with Gasteiger partial charge >= 0.3 is 5.97 Å². The van der Waals surface area contributed by atoms with E-state index in [4.69, 9.17) is 15.3 Å².